The van der Waals surface area contributed by atoms with E-state index in [4.69, 9.17) is 4.74 Å². The van der Waals surface area contributed by atoms with Gasteiger partial charge in [-0.3, -0.25) is 0 Å². The maximum Gasteiger partial charge on any atom is 0.318 e. The third-order valence-electron chi connectivity index (χ3n) is 5.13. The van der Waals surface area contributed by atoms with Gasteiger partial charge in [0.1, 0.15) is 11.6 Å². The number of hydrogen-bond donors (Lipinski definition) is 1. The van der Waals surface area contributed by atoms with E-state index in [1.54, 1.807) is 18.1 Å². The lowest BCUT2D eigenvalue weighted by atomic mass is 10.1. The molecule has 0 aromatic heterocycles. The van der Waals surface area contributed by atoms with Crippen LogP contribution in [0.5, 0.6) is 5.75 Å². The van der Waals surface area contributed by atoms with E-state index in [2.05, 4.69) is 17.3 Å². The summed E-state index contributed by atoms with van der Waals surface area (Å²) in [7, 11) is 3.71. The number of carbonyl (C=O) groups is 1. The van der Waals surface area contributed by atoms with Crippen molar-refractivity contribution in [1.29, 1.82) is 0 Å². The van der Waals surface area contributed by atoms with Crippen molar-refractivity contribution < 1.29 is 13.9 Å². The second-order valence-electron chi connectivity index (χ2n) is 7.40. The van der Waals surface area contributed by atoms with Crippen LogP contribution in [0.1, 0.15) is 17.5 Å². The minimum atomic E-state index is -0.302. The lowest BCUT2D eigenvalue weighted by molar-refractivity contribution is 0.189. The molecule has 0 bridgehead atoms. The van der Waals surface area contributed by atoms with E-state index in [0.29, 0.717) is 25.6 Å². The van der Waals surface area contributed by atoms with Crippen molar-refractivity contribution in [1.82, 2.24) is 15.1 Å². The molecule has 1 aliphatic rings. The first kappa shape index (κ1) is 20.1. The molecule has 1 N–H and O–H groups in total. The molecule has 1 fully saturated rings. The predicted molar refractivity (Wildman–Crippen MR) is 108 cm³/mol. The van der Waals surface area contributed by atoms with Gasteiger partial charge in [-0.2, -0.15) is 0 Å². The van der Waals surface area contributed by atoms with Gasteiger partial charge in [0.2, 0.25) is 0 Å². The van der Waals surface area contributed by atoms with E-state index >= 15 is 0 Å². The van der Waals surface area contributed by atoms with Gasteiger partial charge in [-0.1, -0.05) is 30.3 Å². The van der Waals surface area contributed by atoms with E-state index in [0.717, 1.165) is 36.4 Å². The molecule has 2 aromatic rings. The second-order valence-corrected chi connectivity index (χ2v) is 7.40. The van der Waals surface area contributed by atoms with Crippen molar-refractivity contribution in [2.75, 3.05) is 33.8 Å². The summed E-state index contributed by atoms with van der Waals surface area (Å²) >= 11 is 0. The molecule has 0 unspecified atom stereocenters. The van der Waals surface area contributed by atoms with Crippen LogP contribution in [0.4, 0.5) is 9.18 Å². The molecule has 150 valence electrons. The van der Waals surface area contributed by atoms with Gasteiger partial charge in [-0.15, -0.1) is 0 Å². The van der Waals surface area contributed by atoms with Crippen molar-refractivity contribution in [2.45, 2.75) is 19.5 Å². The number of likely N-dealkylation sites (tertiary alicyclic amines) is 1. The molecule has 2 aromatic carbocycles. The molecule has 0 saturated carbocycles. The van der Waals surface area contributed by atoms with Crippen molar-refractivity contribution in [3.63, 3.8) is 0 Å². The smallest absolute Gasteiger partial charge is 0.318 e. The Kier molecular flexibility index (Phi) is 6.87. The molecule has 28 heavy (non-hydrogen) atoms. The standard InChI is InChI=1S/C22H28FN3O2/c1-25-11-10-18(14-25)13-24-22(27)26(15-17-6-5-8-20(23)12-17)16-19-7-3-4-9-21(19)28-2/h3-9,12,18H,10-11,13-16H2,1-2H3,(H,24,27)/t18-/m1/s1. The Morgan fingerprint density at radius 1 is 1.25 bits per heavy atom. The van der Waals surface area contributed by atoms with Crippen molar-refractivity contribution >= 4 is 6.03 Å². The minimum Gasteiger partial charge on any atom is -0.496 e. The van der Waals surface area contributed by atoms with Gasteiger partial charge in [0.15, 0.2) is 0 Å². The third-order valence-corrected chi connectivity index (χ3v) is 5.13. The van der Waals surface area contributed by atoms with Crippen LogP contribution in [0.2, 0.25) is 0 Å². The van der Waals surface area contributed by atoms with Crippen LogP contribution in [0.3, 0.4) is 0 Å². The number of halogens is 1. The molecule has 1 aliphatic heterocycles. The second kappa shape index (κ2) is 9.55. The number of benzene rings is 2. The Morgan fingerprint density at radius 3 is 2.79 bits per heavy atom. The molecule has 0 spiro atoms. The fraction of sp³-hybridized carbons (Fsp3) is 0.409. The highest BCUT2D eigenvalue weighted by Gasteiger charge is 2.22. The summed E-state index contributed by atoms with van der Waals surface area (Å²) in [5.41, 5.74) is 1.67. The molecule has 1 atom stereocenters. The highest BCUT2D eigenvalue weighted by molar-refractivity contribution is 5.74. The number of rotatable bonds is 7. The normalized spacial score (nSPS) is 16.8. The van der Waals surface area contributed by atoms with Gasteiger partial charge in [-0.05, 0) is 49.7 Å². The highest BCUT2D eigenvalue weighted by Crippen LogP contribution is 2.21. The zero-order valence-electron chi connectivity index (χ0n) is 16.5. The maximum atomic E-state index is 13.6. The Hall–Kier alpha value is -2.60. The summed E-state index contributed by atoms with van der Waals surface area (Å²) in [6, 6.07) is 13.9. The molecule has 5 nitrogen and oxygen atoms in total. The highest BCUT2D eigenvalue weighted by atomic mass is 19.1. The summed E-state index contributed by atoms with van der Waals surface area (Å²) in [4.78, 5) is 16.9. The van der Waals surface area contributed by atoms with Crippen molar-refractivity contribution in [3.8, 4) is 5.75 Å². The Labute approximate surface area is 166 Å². The SMILES string of the molecule is COc1ccccc1CN(Cc1cccc(F)c1)C(=O)NC[C@H]1CCN(C)C1. The molecular formula is C22H28FN3O2. The maximum absolute atomic E-state index is 13.6. The first-order chi connectivity index (χ1) is 13.5. The zero-order chi connectivity index (χ0) is 19.9. The summed E-state index contributed by atoms with van der Waals surface area (Å²) in [5.74, 6) is 0.900. The summed E-state index contributed by atoms with van der Waals surface area (Å²) in [6.07, 6.45) is 1.09. The first-order valence-electron chi connectivity index (χ1n) is 9.63. The Bertz CT molecular complexity index is 799. The van der Waals surface area contributed by atoms with Gasteiger partial charge in [0.25, 0.3) is 0 Å². The monoisotopic (exact) mass is 385 g/mol. The van der Waals surface area contributed by atoms with Crippen LogP contribution in [0, 0.1) is 11.7 Å². The van der Waals surface area contributed by atoms with E-state index < -0.39 is 0 Å². The number of nitrogens with one attached hydrogen (secondary N) is 1. The van der Waals surface area contributed by atoms with Gasteiger partial charge < -0.3 is 19.9 Å². The molecule has 1 saturated heterocycles. The van der Waals surface area contributed by atoms with Crippen LogP contribution in [0.15, 0.2) is 48.5 Å². The molecule has 6 heteroatoms. The number of methoxy groups -OCH3 is 1. The average molecular weight is 385 g/mol. The summed E-state index contributed by atoms with van der Waals surface area (Å²) in [6.45, 7) is 3.42. The third kappa shape index (κ3) is 5.45. The van der Waals surface area contributed by atoms with Gasteiger partial charge in [-0.25, -0.2) is 9.18 Å². The zero-order valence-corrected chi connectivity index (χ0v) is 16.5. The van der Waals surface area contributed by atoms with Gasteiger partial charge >= 0.3 is 6.03 Å². The van der Waals surface area contributed by atoms with Crippen molar-refractivity contribution in [3.05, 3.63) is 65.5 Å². The van der Waals surface area contributed by atoms with Gasteiger partial charge in [0, 0.05) is 25.2 Å². The van der Waals surface area contributed by atoms with E-state index in [9.17, 15) is 9.18 Å². The molecule has 1 heterocycles. The largest absolute Gasteiger partial charge is 0.496 e. The quantitative estimate of drug-likeness (QED) is 0.793. The van der Waals surface area contributed by atoms with Crippen LogP contribution in [-0.2, 0) is 13.1 Å². The van der Waals surface area contributed by atoms with Crippen LogP contribution in [0.25, 0.3) is 0 Å². The summed E-state index contributed by atoms with van der Waals surface area (Å²) < 4.78 is 19.0. The Morgan fingerprint density at radius 2 is 2.07 bits per heavy atom. The average Bonchev–Trinajstić information content (AvgIpc) is 3.11. The number of para-hydroxylation sites is 1. The van der Waals surface area contributed by atoms with E-state index in [1.165, 1.54) is 12.1 Å². The number of ether oxygens (including phenoxy) is 1. The molecule has 3 rings (SSSR count). The lowest BCUT2D eigenvalue weighted by Gasteiger charge is -2.25. The lowest BCUT2D eigenvalue weighted by Crippen LogP contribution is -2.41. The van der Waals surface area contributed by atoms with Crippen LogP contribution >= 0.6 is 0 Å². The fourth-order valence-electron chi connectivity index (χ4n) is 3.63. The van der Waals surface area contributed by atoms with Crippen LogP contribution < -0.4 is 10.1 Å². The first-order valence-corrected chi connectivity index (χ1v) is 9.63. The number of nitrogens with zero attached hydrogens (tertiary/aromatic N) is 2. The number of amides is 2. The molecule has 2 amide bonds. The van der Waals surface area contributed by atoms with E-state index in [-0.39, 0.29) is 11.8 Å². The molecular weight excluding hydrogens is 357 g/mol. The molecule has 0 radical (unpaired) electrons. The van der Waals surface area contributed by atoms with Crippen molar-refractivity contribution in [2.24, 2.45) is 5.92 Å². The predicted octanol–water partition coefficient (Wildman–Crippen LogP) is 3.50. The van der Waals surface area contributed by atoms with E-state index in [1.807, 2.05) is 30.3 Å². The minimum absolute atomic E-state index is 0.148. The topological polar surface area (TPSA) is 44.8 Å². The van der Waals surface area contributed by atoms with Crippen LogP contribution in [-0.4, -0.2) is 49.6 Å². The summed E-state index contributed by atoms with van der Waals surface area (Å²) in [5, 5.41) is 3.06. The Balaban J connectivity index is 1.72. The molecule has 0 aliphatic carbocycles. The van der Waals surface area contributed by atoms with Gasteiger partial charge in [0.05, 0.1) is 13.7 Å². The number of carbonyl (C=O) groups excluding carboxylic acids is 1. The fourth-order valence-corrected chi connectivity index (χ4v) is 3.63. The number of urea groups is 1. The number of hydrogen-bond acceptors (Lipinski definition) is 3.